The first-order valence-electron chi connectivity index (χ1n) is 8.03. The van der Waals surface area contributed by atoms with E-state index >= 15 is 0 Å². The van der Waals surface area contributed by atoms with E-state index < -0.39 is 10.0 Å². The molecule has 0 spiro atoms. The predicted octanol–water partition coefficient (Wildman–Crippen LogP) is 3.58. The number of aromatic amines is 1. The summed E-state index contributed by atoms with van der Waals surface area (Å²) in [6, 6.07) is 11.3. The van der Waals surface area contributed by atoms with Crippen LogP contribution in [0.4, 0.5) is 0 Å². The lowest BCUT2D eigenvalue weighted by Gasteiger charge is -2.13. The zero-order valence-corrected chi connectivity index (χ0v) is 15.6. The van der Waals surface area contributed by atoms with Crippen molar-refractivity contribution < 1.29 is 13.2 Å². The number of methoxy groups -OCH3 is 1. The Hall–Kier alpha value is -2.31. The summed E-state index contributed by atoms with van der Waals surface area (Å²) >= 11 is 0. The number of nitrogens with one attached hydrogen (secondary N) is 2. The summed E-state index contributed by atoms with van der Waals surface area (Å²) in [4.78, 5) is 3.42. The van der Waals surface area contributed by atoms with Crippen molar-refractivity contribution in [1.82, 2.24) is 9.71 Å². The van der Waals surface area contributed by atoms with Gasteiger partial charge in [-0.25, -0.2) is 13.1 Å². The highest BCUT2D eigenvalue weighted by molar-refractivity contribution is 7.89. The van der Waals surface area contributed by atoms with Gasteiger partial charge in [0.2, 0.25) is 10.0 Å². The Morgan fingerprint density at radius 1 is 1.04 bits per heavy atom. The number of H-pyrrole nitrogens is 1. The molecule has 0 unspecified atom stereocenters. The van der Waals surface area contributed by atoms with Crippen molar-refractivity contribution in [2.45, 2.75) is 32.2 Å². The molecule has 0 saturated carbocycles. The van der Waals surface area contributed by atoms with Crippen LogP contribution in [-0.2, 0) is 16.6 Å². The van der Waals surface area contributed by atoms with Gasteiger partial charge in [-0.05, 0) is 73.2 Å². The Bertz CT molecular complexity index is 1040. The van der Waals surface area contributed by atoms with E-state index in [1.165, 1.54) is 7.11 Å². The lowest BCUT2D eigenvalue weighted by atomic mass is 10.1. The number of aromatic nitrogens is 1. The maximum absolute atomic E-state index is 12.7. The third-order valence-electron chi connectivity index (χ3n) is 4.36. The molecular formula is C19H22N2O3S. The molecular weight excluding hydrogens is 336 g/mol. The number of benzene rings is 2. The molecule has 2 N–H and O–H groups in total. The van der Waals surface area contributed by atoms with Gasteiger partial charge in [-0.2, -0.15) is 0 Å². The molecule has 0 fully saturated rings. The van der Waals surface area contributed by atoms with Crippen molar-refractivity contribution in [3.05, 3.63) is 58.8 Å². The number of fused-ring (bicyclic) bond motifs is 1. The highest BCUT2D eigenvalue weighted by Gasteiger charge is 2.20. The van der Waals surface area contributed by atoms with Gasteiger partial charge in [0.1, 0.15) is 10.6 Å². The van der Waals surface area contributed by atoms with Gasteiger partial charge in [-0.3, -0.25) is 0 Å². The second-order valence-corrected chi connectivity index (χ2v) is 8.02. The molecule has 25 heavy (non-hydrogen) atoms. The summed E-state index contributed by atoms with van der Waals surface area (Å²) in [7, 11) is -2.19. The summed E-state index contributed by atoms with van der Waals surface area (Å²) in [5, 5.41) is 1.07. The summed E-state index contributed by atoms with van der Waals surface area (Å²) in [5.74, 6) is 0.354. The van der Waals surface area contributed by atoms with Gasteiger partial charge in [0.05, 0.1) is 7.11 Å². The van der Waals surface area contributed by atoms with Crippen LogP contribution in [0.3, 0.4) is 0 Å². The monoisotopic (exact) mass is 358 g/mol. The number of sulfonamides is 1. The fourth-order valence-electron chi connectivity index (χ4n) is 2.83. The molecule has 132 valence electrons. The number of hydrogen-bond acceptors (Lipinski definition) is 3. The van der Waals surface area contributed by atoms with Crippen molar-refractivity contribution >= 4 is 20.9 Å². The van der Waals surface area contributed by atoms with E-state index in [0.29, 0.717) is 5.75 Å². The van der Waals surface area contributed by atoms with E-state index in [9.17, 15) is 8.42 Å². The van der Waals surface area contributed by atoms with Gasteiger partial charge < -0.3 is 9.72 Å². The quantitative estimate of drug-likeness (QED) is 0.732. The zero-order valence-electron chi connectivity index (χ0n) is 14.8. The van der Waals surface area contributed by atoms with E-state index in [4.69, 9.17) is 4.74 Å². The second-order valence-electron chi connectivity index (χ2n) is 6.29. The SMILES string of the molecule is COc1cc(C)c(C)cc1S(=O)(=O)NCc1ccc2[nH]c(C)cc2c1. The lowest BCUT2D eigenvalue weighted by Crippen LogP contribution is -2.24. The topological polar surface area (TPSA) is 71.2 Å². The molecule has 0 aliphatic heterocycles. The van der Waals surface area contributed by atoms with Gasteiger partial charge in [-0.1, -0.05) is 6.07 Å². The summed E-state index contributed by atoms with van der Waals surface area (Å²) < 4.78 is 33.4. The number of ether oxygens (including phenoxy) is 1. The van der Waals surface area contributed by atoms with E-state index in [0.717, 1.165) is 33.3 Å². The maximum atomic E-state index is 12.7. The molecule has 0 radical (unpaired) electrons. The zero-order chi connectivity index (χ0) is 18.2. The molecule has 0 bridgehead atoms. The van der Waals surface area contributed by atoms with Crippen LogP contribution in [0.25, 0.3) is 10.9 Å². The fourth-order valence-corrected chi connectivity index (χ4v) is 4.08. The highest BCUT2D eigenvalue weighted by atomic mass is 32.2. The summed E-state index contributed by atoms with van der Waals surface area (Å²) in [5.41, 5.74) is 4.92. The van der Waals surface area contributed by atoms with Crippen LogP contribution in [0, 0.1) is 20.8 Å². The largest absolute Gasteiger partial charge is 0.495 e. The molecule has 1 aromatic heterocycles. The molecule has 3 rings (SSSR count). The maximum Gasteiger partial charge on any atom is 0.244 e. The van der Waals surface area contributed by atoms with Crippen LogP contribution in [0.15, 0.2) is 41.3 Å². The standard InChI is InChI=1S/C19H22N2O3S/c1-12-7-18(24-4)19(8-13(12)2)25(22,23)20-11-15-5-6-17-16(10-15)9-14(3)21-17/h5-10,20-21H,11H2,1-4H3. The molecule has 0 aliphatic carbocycles. The minimum atomic E-state index is -3.67. The molecule has 3 aromatic rings. The number of rotatable bonds is 5. The second kappa shape index (κ2) is 6.54. The average molecular weight is 358 g/mol. The molecule has 1 heterocycles. The minimum absolute atomic E-state index is 0.164. The first-order chi connectivity index (χ1) is 11.8. The third-order valence-corrected chi connectivity index (χ3v) is 5.78. The molecule has 5 nitrogen and oxygen atoms in total. The van der Waals surface area contributed by atoms with E-state index in [1.54, 1.807) is 12.1 Å². The highest BCUT2D eigenvalue weighted by Crippen LogP contribution is 2.27. The predicted molar refractivity (Wildman–Crippen MR) is 99.5 cm³/mol. The van der Waals surface area contributed by atoms with Crippen molar-refractivity contribution in [2.75, 3.05) is 7.11 Å². The summed E-state index contributed by atoms with van der Waals surface area (Å²) in [6.07, 6.45) is 0. The van der Waals surface area contributed by atoms with Gasteiger partial charge in [0, 0.05) is 17.8 Å². The van der Waals surface area contributed by atoms with Crippen LogP contribution in [0.5, 0.6) is 5.75 Å². The molecule has 0 saturated heterocycles. The van der Waals surface area contributed by atoms with E-state index in [1.807, 2.05) is 45.0 Å². The molecule has 0 amide bonds. The van der Waals surface area contributed by atoms with Crippen molar-refractivity contribution in [2.24, 2.45) is 0 Å². The van der Waals surface area contributed by atoms with Gasteiger partial charge in [0.25, 0.3) is 0 Å². The van der Waals surface area contributed by atoms with Gasteiger partial charge >= 0.3 is 0 Å². The molecule has 2 aromatic carbocycles. The van der Waals surface area contributed by atoms with E-state index in [2.05, 4.69) is 9.71 Å². The minimum Gasteiger partial charge on any atom is -0.495 e. The first-order valence-corrected chi connectivity index (χ1v) is 9.51. The van der Waals surface area contributed by atoms with Crippen LogP contribution < -0.4 is 9.46 Å². The Morgan fingerprint density at radius 3 is 2.48 bits per heavy atom. The third kappa shape index (κ3) is 3.55. The molecule has 0 aliphatic rings. The molecule has 6 heteroatoms. The van der Waals surface area contributed by atoms with E-state index in [-0.39, 0.29) is 11.4 Å². The first kappa shape index (κ1) is 17.5. The number of aryl methyl sites for hydroxylation is 3. The van der Waals surface area contributed by atoms with Crippen LogP contribution >= 0.6 is 0 Å². The Morgan fingerprint density at radius 2 is 1.76 bits per heavy atom. The normalized spacial score (nSPS) is 11.8. The number of hydrogen-bond donors (Lipinski definition) is 2. The van der Waals surface area contributed by atoms with Gasteiger partial charge in [0.15, 0.2) is 0 Å². The fraction of sp³-hybridized carbons (Fsp3) is 0.263. The Labute approximate surface area is 148 Å². The van der Waals surface area contributed by atoms with Crippen molar-refractivity contribution in [3.8, 4) is 5.75 Å². The summed E-state index contributed by atoms with van der Waals surface area (Å²) in [6.45, 7) is 6.03. The Balaban J connectivity index is 1.87. The van der Waals surface area contributed by atoms with Crippen molar-refractivity contribution in [1.29, 1.82) is 0 Å². The van der Waals surface area contributed by atoms with Crippen LogP contribution in [0.2, 0.25) is 0 Å². The Kier molecular flexibility index (Phi) is 4.58. The van der Waals surface area contributed by atoms with Crippen molar-refractivity contribution in [3.63, 3.8) is 0 Å². The molecule has 0 atom stereocenters. The van der Waals surface area contributed by atoms with Gasteiger partial charge in [-0.15, -0.1) is 0 Å². The van der Waals surface area contributed by atoms with Crippen LogP contribution in [-0.4, -0.2) is 20.5 Å². The average Bonchev–Trinajstić information content (AvgIpc) is 2.94. The lowest BCUT2D eigenvalue weighted by molar-refractivity contribution is 0.402. The van der Waals surface area contributed by atoms with Crippen LogP contribution in [0.1, 0.15) is 22.4 Å². The smallest absolute Gasteiger partial charge is 0.244 e.